The van der Waals surface area contributed by atoms with Crippen LogP contribution in [0.4, 0.5) is 0 Å². The summed E-state index contributed by atoms with van der Waals surface area (Å²) in [6.07, 6.45) is 4.53. The topological polar surface area (TPSA) is 46.5 Å². The van der Waals surface area contributed by atoms with Crippen molar-refractivity contribution >= 4 is 5.97 Å². The number of carboxylic acids is 1. The Bertz CT molecular complexity index is 485. The maximum atomic E-state index is 12.0. The highest BCUT2D eigenvalue weighted by Crippen LogP contribution is 2.43. The largest absolute Gasteiger partial charge is 0.481 e. The first-order valence-electron chi connectivity index (χ1n) is 7.32. The molecule has 0 spiro atoms. The first-order valence-corrected chi connectivity index (χ1v) is 7.32. The predicted octanol–water partition coefficient (Wildman–Crippen LogP) is 3.85. The second kappa shape index (κ2) is 5.57. The molecule has 20 heavy (non-hydrogen) atoms. The van der Waals surface area contributed by atoms with Gasteiger partial charge < -0.3 is 9.84 Å². The fourth-order valence-corrected chi connectivity index (χ4v) is 3.29. The maximum absolute atomic E-state index is 12.0. The third-order valence-electron chi connectivity index (χ3n) is 4.72. The first kappa shape index (κ1) is 15.0. The first-order chi connectivity index (χ1) is 9.44. The van der Waals surface area contributed by atoms with Gasteiger partial charge in [0.05, 0.1) is 11.0 Å². The summed E-state index contributed by atoms with van der Waals surface area (Å²) < 4.78 is 5.59. The smallest absolute Gasteiger partial charge is 0.314 e. The number of hydrogen-bond acceptors (Lipinski definition) is 2. The van der Waals surface area contributed by atoms with Gasteiger partial charge in [0, 0.05) is 7.11 Å². The van der Waals surface area contributed by atoms with E-state index in [0.717, 1.165) is 43.2 Å². The standard InChI is InChI=1S/C17H24O3/c1-16(2,20-3)13-9-5-6-10-14(13)17(15(18)19)11-7-4-8-12-17/h5-6,9-10H,4,7-8,11-12H2,1-3H3,(H,18,19). The molecule has 1 aliphatic rings. The molecule has 1 aromatic rings. The Morgan fingerprint density at radius 2 is 1.80 bits per heavy atom. The van der Waals surface area contributed by atoms with E-state index in [2.05, 4.69) is 0 Å². The lowest BCUT2D eigenvalue weighted by molar-refractivity contribution is -0.145. The summed E-state index contributed by atoms with van der Waals surface area (Å²) in [5.41, 5.74) is 0.701. The molecule has 1 fully saturated rings. The fraction of sp³-hybridized carbons (Fsp3) is 0.588. The molecular formula is C17H24O3. The second-order valence-electron chi connectivity index (χ2n) is 6.21. The van der Waals surface area contributed by atoms with Gasteiger partial charge >= 0.3 is 5.97 Å². The van der Waals surface area contributed by atoms with E-state index in [9.17, 15) is 9.90 Å². The number of aliphatic carboxylic acids is 1. The van der Waals surface area contributed by atoms with Crippen LogP contribution in [0, 0.1) is 0 Å². The van der Waals surface area contributed by atoms with Crippen molar-refractivity contribution in [2.45, 2.75) is 57.0 Å². The van der Waals surface area contributed by atoms with Crippen LogP contribution >= 0.6 is 0 Å². The summed E-state index contributed by atoms with van der Waals surface area (Å²) in [5.74, 6) is -0.698. The Morgan fingerprint density at radius 3 is 2.35 bits per heavy atom. The minimum Gasteiger partial charge on any atom is -0.481 e. The van der Waals surface area contributed by atoms with Gasteiger partial charge in [0.1, 0.15) is 0 Å². The summed E-state index contributed by atoms with van der Waals surface area (Å²) in [4.78, 5) is 12.0. The lowest BCUT2D eigenvalue weighted by Crippen LogP contribution is -2.40. The van der Waals surface area contributed by atoms with Crippen LogP contribution in [0.3, 0.4) is 0 Å². The van der Waals surface area contributed by atoms with E-state index in [1.165, 1.54) is 0 Å². The number of ether oxygens (including phenoxy) is 1. The molecule has 0 aromatic heterocycles. The Labute approximate surface area is 121 Å². The molecule has 0 aliphatic heterocycles. The third kappa shape index (κ3) is 2.47. The van der Waals surface area contributed by atoms with Gasteiger partial charge in [0.25, 0.3) is 0 Å². The Balaban J connectivity index is 2.58. The number of benzene rings is 1. The number of carbonyl (C=O) groups is 1. The van der Waals surface area contributed by atoms with Gasteiger partial charge in [-0.3, -0.25) is 4.79 Å². The Kier molecular flexibility index (Phi) is 4.19. The molecule has 2 rings (SSSR count). The highest BCUT2D eigenvalue weighted by atomic mass is 16.5. The lowest BCUT2D eigenvalue weighted by Gasteiger charge is -2.38. The molecule has 1 saturated carbocycles. The van der Waals surface area contributed by atoms with Gasteiger partial charge in [-0.25, -0.2) is 0 Å². The summed E-state index contributed by atoms with van der Waals surface area (Å²) in [6.45, 7) is 3.98. The van der Waals surface area contributed by atoms with Crippen LogP contribution < -0.4 is 0 Å². The van der Waals surface area contributed by atoms with E-state index in [1.807, 2.05) is 38.1 Å². The van der Waals surface area contributed by atoms with Gasteiger partial charge in [0.15, 0.2) is 0 Å². The highest BCUT2D eigenvalue weighted by Gasteiger charge is 2.44. The quantitative estimate of drug-likeness (QED) is 0.908. The van der Waals surface area contributed by atoms with Crippen LogP contribution in [-0.2, 0) is 20.5 Å². The molecule has 1 N–H and O–H groups in total. The molecule has 3 heteroatoms. The highest BCUT2D eigenvalue weighted by molar-refractivity contribution is 5.82. The molecule has 0 bridgehead atoms. The van der Waals surface area contributed by atoms with Crippen LogP contribution in [-0.4, -0.2) is 18.2 Å². The van der Waals surface area contributed by atoms with Crippen molar-refractivity contribution in [1.82, 2.24) is 0 Å². The van der Waals surface area contributed by atoms with E-state index in [4.69, 9.17) is 4.74 Å². The van der Waals surface area contributed by atoms with Crippen LogP contribution in [0.5, 0.6) is 0 Å². The van der Waals surface area contributed by atoms with Crippen LogP contribution in [0.1, 0.15) is 57.1 Å². The number of methoxy groups -OCH3 is 1. The predicted molar refractivity (Wildman–Crippen MR) is 78.9 cm³/mol. The van der Waals surface area contributed by atoms with E-state index in [1.54, 1.807) is 7.11 Å². The second-order valence-corrected chi connectivity index (χ2v) is 6.21. The SMILES string of the molecule is COC(C)(C)c1ccccc1C1(C(=O)O)CCCCC1. The minimum atomic E-state index is -0.745. The molecule has 0 amide bonds. The zero-order valence-electron chi connectivity index (χ0n) is 12.6. The summed E-state index contributed by atoms with van der Waals surface area (Å²) in [5, 5.41) is 9.86. The van der Waals surface area contributed by atoms with Crippen LogP contribution in [0.25, 0.3) is 0 Å². The van der Waals surface area contributed by atoms with Gasteiger partial charge in [-0.2, -0.15) is 0 Å². The van der Waals surface area contributed by atoms with E-state index in [0.29, 0.717) is 0 Å². The summed E-state index contributed by atoms with van der Waals surface area (Å²) in [7, 11) is 1.67. The molecule has 1 aromatic carbocycles. The molecule has 3 nitrogen and oxygen atoms in total. The third-order valence-corrected chi connectivity index (χ3v) is 4.72. The molecule has 1 aliphatic carbocycles. The van der Waals surface area contributed by atoms with Gasteiger partial charge in [-0.1, -0.05) is 43.5 Å². The average Bonchev–Trinajstić information content (AvgIpc) is 2.48. The molecule has 0 radical (unpaired) electrons. The average molecular weight is 276 g/mol. The van der Waals surface area contributed by atoms with E-state index >= 15 is 0 Å². The van der Waals surface area contributed by atoms with Crippen molar-refractivity contribution in [3.05, 3.63) is 35.4 Å². The lowest BCUT2D eigenvalue weighted by atomic mass is 9.66. The Hall–Kier alpha value is -1.35. The zero-order chi connectivity index (χ0) is 14.8. The van der Waals surface area contributed by atoms with Crippen LogP contribution in [0.2, 0.25) is 0 Å². The minimum absolute atomic E-state index is 0.476. The molecule has 0 heterocycles. The summed E-state index contributed by atoms with van der Waals surface area (Å²) >= 11 is 0. The Morgan fingerprint density at radius 1 is 1.20 bits per heavy atom. The van der Waals surface area contributed by atoms with Crippen molar-refractivity contribution in [2.75, 3.05) is 7.11 Å². The molecule has 0 atom stereocenters. The molecular weight excluding hydrogens is 252 g/mol. The zero-order valence-corrected chi connectivity index (χ0v) is 12.6. The van der Waals surface area contributed by atoms with Crippen LogP contribution in [0.15, 0.2) is 24.3 Å². The molecule has 0 saturated heterocycles. The van der Waals surface area contributed by atoms with Crippen molar-refractivity contribution < 1.29 is 14.6 Å². The van der Waals surface area contributed by atoms with Crippen molar-refractivity contribution in [3.8, 4) is 0 Å². The normalized spacial score (nSPS) is 18.8. The van der Waals surface area contributed by atoms with Crippen molar-refractivity contribution in [2.24, 2.45) is 0 Å². The van der Waals surface area contributed by atoms with Gasteiger partial charge in [0.2, 0.25) is 0 Å². The number of carboxylic acid groups (broad SMARTS) is 1. The maximum Gasteiger partial charge on any atom is 0.314 e. The molecule has 110 valence electrons. The van der Waals surface area contributed by atoms with E-state index in [-0.39, 0.29) is 0 Å². The van der Waals surface area contributed by atoms with Gasteiger partial charge in [-0.15, -0.1) is 0 Å². The number of rotatable bonds is 4. The molecule has 0 unspecified atom stereocenters. The van der Waals surface area contributed by atoms with Crippen molar-refractivity contribution in [3.63, 3.8) is 0 Å². The monoisotopic (exact) mass is 276 g/mol. The number of hydrogen-bond donors (Lipinski definition) is 1. The van der Waals surface area contributed by atoms with Gasteiger partial charge in [-0.05, 0) is 37.8 Å². The summed E-state index contributed by atoms with van der Waals surface area (Å²) in [6, 6.07) is 7.86. The van der Waals surface area contributed by atoms with E-state index < -0.39 is 17.0 Å². The van der Waals surface area contributed by atoms with Crippen molar-refractivity contribution in [1.29, 1.82) is 0 Å². The fourth-order valence-electron chi connectivity index (χ4n) is 3.29.